The number of aromatic carboxylic acids is 1. The van der Waals surface area contributed by atoms with Crippen molar-refractivity contribution in [3.05, 3.63) is 102 Å². The second-order valence-corrected chi connectivity index (χ2v) is 8.91. The summed E-state index contributed by atoms with van der Waals surface area (Å²) in [4.78, 5) is 13.1. The van der Waals surface area contributed by atoms with Gasteiger partial charge < -0.3 is 20.1 Å². The molecule has 0 aromatic heterocycles. The van der Waals surface area contributed by atoms with Gasteiger partial charge in [-0.2, -0.15) is 0 Å². The Hall–Kier alpha value is -3.97. The lowest BCUT2D eigenvalue weighted by Crippen LogP contribution is -2.39. The molecule has 0 fully saturated rings. The molecule has 1 aliphatic heterocycles. The molecule has 1 unspecified atom stereocenters. The maximum absolute atomic E-state index is 15.1. The van der Waals surface area contributed by atoms with Gasteiger partial charge in [-0.1, -0.05) is 54.6 Å². The second kappa shape index (κ2) is 9.95. The largest absolute Gasteiger partial charge is 0.486 e. The molecule has 4 aromatic carbocycles. The molecule has 0 aliphatic carbocycles. The van der Waals surface area contributed by atoms with E-state index in [-0.39, 0.29) is 17.8 Å². The number of carbonyl (C=O) groups is 1. The lowest BCUT2D eigenvalue weighted by atomic mass is 9.99. The van der Waals surface area contributed by atoms with Crippen LogP contribution in [0.25, 0.3) is 10.8 Å². The van der Waals surface area contributed by atoms with Crippen molar-refractivity contribution in [1.29, 1.82) is 0 Å². The highest BCUT2D eigenvalue weighted by Gasteiger charge is 2.30. The van der Waals surface area contributed by atoms with Gasteiger partial charge in [0, 0.05) is 6.04 Å². The Labute approximate surface area is 207 Å². The number of nitrogens with zero attached hydrogens (tertiary/aromatic N) is 1. The number of fused-ring (bicyclic) bond motifs is 2. The molecule has 184 valence electrons. The molecule has 5 nitrogen and oxygen atoms in total. The van der Waals surface area contributed by atoms with Crippen LogP contribution in [0.4, 0.5) is 20.2 Å². The number of hydrogen-bond donors (Lipinski definition) is 2. The van der Waals surface area contributed by atoms with Gasteiger partial charge >= 0.3 is 5.97 Å². The standard InChI is InChI=1S/C29H26F2N2O3/c1-18(21-10-6-8-19-7-2-3-9-22(19)21)32-16-15-20-17-33(24-11-4-5-12-26(24)36-20)25-14-13-23(30)27(28(25)31)29(34)35/h2-14,18,20,32H,15-17H2,1H3,(H,34,35)/t18-,20?/m1/s1. The predicted molar refractivity (Wildman–Crippen MR) is 136 cm³/mol. The number of anilines is 2. The van der Waals surface area contributed by atoms with E-state index in [0.29, 0.717) is 30.9 Å². The van der Waals surface area contributed by atoms with Crippen LogP contribution in [0.5, 0.6) is 5.75 Å². The highest BCUT2D eigenvalue weighted by Crippen LogP contribution is 2.40. The Kier molecular flexibility index (Phi) is 6.57. The molecule has 0 spiro atoms. The molecule has 2 atom stereocenters. The quantitative estimate of drug-likeness (QED) is 0.313. The van der Waals surface area contributed by atoms with E-state index in [1.54, 1.807) is 23.1 Å². The van der Waals surface area contributed by atoms with Gasteiger partial charge in [-0.15, -0.1) is 0 Å². The first-order valence-electron chi connectivity index (χ1n) is 11.9. The third kappa shape index (κ3) is 4.50. The molecule has 4 aromatic rings. The van der Waals surface area contributed by atoms with E-state index >= 15 is 4.39 Å². The van der Waals surface area contributed by atoms with Crippen molar-refractivity contribution in [3.8, 4) is 5.75 Å². The summed E-state index contributed by atoms with van der Waals surface area (Å²) in [7, 11) is 0. The summed E-state index contributed by atoms with van der Waals surface area (Å²) in [6.07, 6.45) is 0.346. The summed E-state index contributed by atoms with van der Waals surface area (Å²) in [5, 5.41) is 15.3. The minimum absolute atomic E-state index is 0.00614. The molecule has 0 radical (unpaired) electrons. The van der Waals surface area contributed by atoms with Gasteiger partial charge in [0.15, 0.2) is 5.82 Å². The van der Waals surface area contributed by atoms with Crippen LogP contribution in [0, 0.1) is 11.6 Å². The van der Waals surface area contributed by atoms with Crippen molar-refractivity contribution in [3.63, 3.8) is 0 Å². The molecule has 2 N–H and O–H groups in total. The van der Waals surface area contributed by atoms with Crippen molar-refractivity contribution >= 4 is 28.1 Å². The van der Waals surface area contributed by atoms with Crippen LogP contribution in [0.2, 0.25) is 0 Å². The number of ether oxygens (including phenoxy) is 1. The van der Waals surface area contributed by atoms with E-state index in [1.165, 1.54) is 22.4 Å². The van der Waals surface area contributed by atoms with Crippen molar-refractivity contribution in [2.75, 3.05) is 18.0 Å². The maximum Gasteiger partial charge on any atom is 0.341 e. The fraction of sp³-hybridized carbons (Fsp3) is 0.207. The van der Waals surface area contributed by atoms with Gasteiger partial charge in [0.05, 0.1) is 17.9 Å². The summed E-state index contributed by atoms with van der Waals surface area (Å²) in [5.41, 5.74) is 0.858. The topological polar surface area (TPSA) is 61.8 Å². The van der Waals surface area contributed by atoms with E-state index in [2.05, 4.69) is 42.6 Å². The molecule has 0 bridgehead atoms. The summed E-state index contributed by atoms with van der Waals surface area (Å²) >= 11 is 0. The molecular weight excluding hydrogens is 462 g/mol. The van der Waals surface area contributed by atoms with Crippen LogP contribution in [0.15, 0.2) is 78.9 Å². The van der Waals surface area contributed by atoms with Crippen LogP contribution in [-0.2, 0) is 0 Å². The van der Waals surface area contributed by atoms with Gasteiger partial charge in [0.2, 0.25) is 0 Å². The average molecular weight is 489 g/mol. The first-order chi connectivity index (χ1) is 17.4. The van der Waals surface area contributed by atoms with E-state index in [4.69, 9.17) is 4.74 Å². The summed E-state index contributed by atoms with van der Waals surface area (Å²) in [6.45, 7) is 3.06. The van der Waals surface area contributed by atoms with E-state index in [0.717, 1.165) is 6.07 Å². The number of halogens is 2. The van der Waals surface area contributed by atoms with Gasteiger partial charge in [-0.05, 0) is 60.5 Å². The van der Waals surface area contributed by atoms with Crippen LogP contribution >= 0.6 is 0 Å². The number of nitrogens with one attached hydrogen (secondary N) is 1. The monoisotopic (exact) mass is 488 g/mol. The van der Waals surface area contributed by atoms with Crippen molar-refractivity contribution in [2.45, 2.75) is 25.5 Å². The Morgan fingerprint density at radius 3 is 2.61 bits per heavy atom. The fourth-order valence-electron chi connectivity index (χ4n) is 4.82. The molecule has 7 heteroatoms. The number of carboxylic acid groups (broad SMARTS) is 1. The van der Waals surface area contributed by atoms with E-state index < -0.39 is 23.2 Å². The zero-order valence-electron chi connectivity index (χ0n) is 19.7. The highest BCUT2D eigenvalue weighted by atomic mass is 19.1. The Balaban J connectivity index is 1.34. The Bertz CT molecular complexity index is 1420. The zero-order valence-corrected chi connectivity index (χ0v) is 19.7. The molecular formula is C29H26F2N2O3. The highest BCUT2D eigenvalue weighted by molar-refractivity contribution is 5.90. The first kappa shape index (κ1) is 23.8. The first-order valence-corrected chi connectivity index (χ1v) is 11.9. The number of benzene rings is 4. The van der Waals surface area contributed by atoms with Crippen LogP contribution < -0.4 is 15.0 Å². The van der Waals surface area contributed by atoms with Crippen LogP contribution in [-0.4, -0.2) is 30.3 Å². The maximum atomic E-state index is 15.1. The van der Waals surface area contributed by atoms with Crippen molar-refractivity contribution < 1.29 is 23.4 Å². The molecule has 1 aliphatic rings. The van der Waals surface area contributed by atoms with E-state index in [9.17, 15) is 14.3 Å². The number of para-hydroxylation sites is 2. The fourth-order valence-corrected chi connectivity index (χ4v) is 4.82. The Morgan fingerprint density at radius 2 is 1.78 bits per heavy atom. The normalized spacial score (nSPS) is 15.9. The van der Waals surface area contributed by atoms with Crippen molar-refractivity contribution in [1.82, 2.24) is 5.32 Å². The minimum atomic E-state index is -1.64. The van der Waals surface area contributed by atoms with Crippen LogP contribution in [0.1, 0.15) is 35.3 Å². The summed E-state index contributed by atoms with van der Waals surface area (Å²) in [5.74, 6) is -3.28. The predicted octanol–water partition coefficient (Wildman–Crippen LogP) is 6.46. The van der Waals surface area contributed by atoms with Gasteiger partial charge in [0.25, 0.3) is 0 Å². The van der Waals surface area contributed by atoms with Crippen LogP contribution in [0.3, 0.4) is 0 Å². The SMILES string of the molecule is C[C@@H](NCCC1CN(c2ccc(F)c(C(=O)O)c2F)c2ccccc2O1)c1cccc2ccccc12. The molecule has 0 saturated heterocycles. The smallest absolute Gasteiger partial charge is 0.341 e. The molecule has 36 heavy (non-hydrogen) atoms. The van der Waals surface area contributed by atoms with Gasteiger partial charge in [-0.25, -0.2) is 13.6 Å². The lowest BCUT2D eigenvalue weighted by Gasteiger charge is -2.37. The van der Waals surface area contributed by atoms with Gasteiger partial charge in [-0.3, -0.25) is 0 Å². The van der Waals surface area contributed by atoms with Gasteiger partial charge in [0.1, 0.15) is 23.2 Å². The van der Waals surface area contributed by atoms with E-state index in [1.807, 2.05) is 18.2 Å². The third-order valence-electron chi connectivity index (χ3n) is 6.62. The minimum Gasteiger partial charge on any atom is -0.486 e. The molecule has 0 saturated carbocycles. The number of hydrogen-bond acceptors (Lipinski definition) is 4. The molecule has 5 rings (SSSR count). The second-order valence-electron chi connectivity index (χ2n) is 8.91. The molecule has 1 heterocycles. The third-order valence-corrected chi connectivity index (χ3v) is 6.62. The van der Waals surface area contributed by atoms with Crippen molar-refractivity contribution in [2.24, 2.45) is 0 Å². The summed E-state index contributed by atoms with van der Waals surface area (Å²) in [6, 6.07) is 24.1. The lowest BCUT2D eigenvalue weighted by molar-refractivity contribution is 0.0686. The molecule has 0 amide bonds. The Morgan fingerprint density at radius 1 is 1.03 bits per heavy atom. The number of rotatable bonds is 7. The average Bonchev–Trinajstić information content (AvgIpc) is 2.88. The zero-order chi connectivity index (χ0) is 25.2. The summed E-state index contributed by atoms with van der Waals surface area (Å²) < 4.78 is 35.4. The number of carboxylic acids is 1.